The average molecular weight is 457 g/mol. The van der Waals surface area contributed by atoms with Crippen molar-refractivity contribution >= 4 is 39.0 Å². The Labute approximate surface area is 187 Å². The van der Waals surface area contributed by atoms with E-state index in [-0.39, 0.29) is 12.5 Å². The Morgan fingerprint density at radius 3 is 2.35 bits per heavy atom. The van der Waals surface area contributed by atoms with Gasteiger partial charge in [0.25, 0.3) is 0 Å². The Morgan fingerprint density at radius 1 is 1.03 bits per heavy atom. The zero-order valence-corrected chi connectivity index (χ0v) is 19.0. The molecule has 0 aliphatic carbocycles. The molecule has 0 unspecified atom stereocenters. The van der Waals surface area contributed by atoms with Crippen molar-refractivity contribution < 1.29 is 17.9 Å². The minimum atomic E-state index is -3.75. The highest BCUT2D eigenvalue weighted by Gasteiger charge is 2.23. The summed E-state index contributed by atoms with van der Waals surface area (Å²) in [6.07, 6.45) is 1.52. The van der Waals surface area contributed by atoms with Gasteiger partial charge in [0.2, 0.25) is 15.9 Å². The summed E-state index contributed by atoms with van der Waals surface area (Å²) in [5.41, 5.74) is 1.44. The van der Waals surface area contributed by atoms with E-state index in [4.69, 9.17) is 4.74 Å². The van der Waals surface area contributed by atoms with Crippen LogP contribution in [-0.4, -0.2) is 39.3 Å². The first-order valence-corrected chi connectivity index (χ1v) is 11.9. The van der Waals surface area contributed by atoms with Gasteiger partial charge >= 0.3 is 0 Å². The van der Waals surface area contributed by atoms with Crippen LogP contribution >= 0.6 is 11.3 Å². The van der Waals surface area contributed by atoms with Gasteiger partial charge in [-0.25, -0.2) is 8.42 Å². The highest BCUT2D eigenvalue weighted by atomic mass is 32.2. The number of thiophene rings is 1. The number of hydrogen-bond acceptors (Lipinski definition) is 5. The second-order valence-electron chi connectivity index (χ2n) is 6.77. The monoisotopic (exact) mass is 456 g/mol. The highest BCUT2D eigenvalue weighted by Crippen LogP contribution is 2.23. The number of carbonyl (C=O) groups is 1. The van der Waals surface area contributed by atoms with Crippen LogP contribution in [0.25, 0.3) is 6.08 Å². The van der Waals surface area contributed by atoms with E-state index in [0.717, 1.165) is 20.2 Å². The second kappa shape index (κ2) is 10.4. The number of anilines is 1. The summed E-state index contributed by atoms with van der Waals surface area (Å²) < 4.78 is 31.6. The molecule has 6 nitrogen and oxygen atoms in total. The van der Waals surface area contributed by atoms with Crippen molar-refractivity contribution in [2.45, 2.75) is 6.54 Å². The van der Waals surface area contributed by atoms with Crippen molar-refractivity contribution in [1.82, 2.24) is 4.31 Å². The molecule has 1 aromatic heterocycles. The largest absolute Gasteiger partial charge is 0.497 e. The van der Waals surface area contributed by atoms with Gasteiger partial charge in [-0.2, -0.15) is 4.31 Å². The number of rotatable bonds is 9. The number of benzene rings is 2. The molecule has 2 aromatic carbocycles. The Bertz CT molecular complexity index is 1110. The Balaban J connectivity index is 1.77. The third-order valence-corrected chi connectivity index (χ3v) is 6.94. The molecule has 0 bridgehead atoms. The van der Waals surface area contributed by atoms with Crippen molar-refractivity contribution in [2.75, 3.05) is 25.6 Å². The van der Waals surface area contributed by atoms with Crippen molar-refractivity contribution in [3.63, 3.8) is 0 Å². The molecule has 3 rings (SSSR count). The number of nitrogens with zero attached hydrogens (tertiary/aromatic N) is 2. The van der Waals surface area contributed by atoms with E-state index in [0.29, 0.717) is 18.0 Å². The maximum Gasteiger partial charge on any atom is 0.242 e. The molecule has 0 N–H and O–H groups in total. The van der Waals surface area contributed by atoms with Crippen LogP contribution in [0.15, 0.2) is 77.5 Å². The van der Waals surface area contributed by atoms with Crippen LogP contribution in [0.4, 0.5) is 5.69 Å². The molecule has 1 heterocycles. The fourth-order valence-corrected chi connectivity index (χ4v) is 4.36. The van der Waals surface area contributed by atoms with Gasteiger partial charge in [-0.3, -0.25) is 4.79 Å². The van der Waals surface area contributed by atoms with E-state index < -0.39 is 10.0 Å². The quantitative estimate of drug-likeness (QED) is 0.483. The fourth-order valence-electron chi connectivity index (χ4n) is 2.84. The molecule has 0 aliphatic heterocycles. The molecule has 0 saturated heterocycles. The Hall–Kier alpha value is -2.94. The molecule has 0 atom stereocenters. The van der Waals surface area contributed by atoms with E-state index in [2.05, 4.69) is 0 Å². The van der Waals surface area contributed by atoms with Crippen molar-refractivity contribution in [3.8, 4) is 5.75 Å². The molecule has 0 saturated carbocycles. The number of carbonyl (C=O) groups excluding carboxylic acids is 1. The second-order valence-corrected chi connectivity index (χ2v) is 9.73. The van der Waals surface area contributed by atoms with Gasteiger partial charge in [-0.15, -0.1) is 11.3 Å². The number of ether oxygens (including phenoxy) is 1. The number of hydrogen-bond donors (Lipinski definition) is 0. The molecule has 162 valence electrons. The van der Waals surface area contributed by atoms with Gasteiger partial charge < -0.3 is 9.64 Å². The molecule has 1 amide bonds. The van der Waals surface area contributed by atoms with Crippen LogP contribution in [0, 0.1) is 0 Å². The maximum atomic E-state index is 13.1. The molecule has 3 aromatic rings. The van der Waals surface area contributed by atoms with Gasteiger partial charge in [-0.1, -0.05) is 36.4 Å². The molecule has 31 heavy (non-hydrogen) atoms. The standard InChI is InChI=1S/C23H24N2O4S2/c1-24(31(27,28)16-14-19-7-4-3-5-8-19)18-23(26)25(17-22-9-6-15-30-22)20-10-12-21(29-2)13-11-20/h3-16H,17-18H2,1-2H3/b16-14+. The van der Waals surface area contributed by atoms with Crippen molar-refractivity contribution in [3.05, 3.63) is 88.0 Å². The minimum Gasteiger partial charge on any atom is -0.497 e. The summed E-state index contributed by atoms with van der Waals surface area (Å²) in [6.45, 7) is 0.0788. The lowest BCUT2D eigenvalue weighted by atomic mass is 10.2. The third-order valence-electron chi connectivity index (χ3n) is 4.60. The molecule has 0 aliphatic rings. The normalized spacial score (nSPS) is 11.7. The summed E-state index contributed by atoms with van der Waals surface area (Å²) in [6, 6.07) is 20.1. The van der Waals surface area contributed by atoms with Crippen molar-refractivity contribution in [2.24, 2.45) is 0 Å². The summed E-state index contributed by atoms with van der Waals surface area (Å²) in [5, 5.41) is 3.06. The smallest absolute Gasteiger partial charge is 0.242 e. The molecule has 0 fully saturated rings. The van der Waals surface area contributed by atoms with E-state index in [9.17, 15) is 13.2 Å². The summed E-state index contributed by atoms with van der Waals surface area (Å²) in [5.74, 6) is 0.357. The topological polar surface area (TPSA) is 66.9 Å². The number of sulfonamides is 1. The predicted octanol–water partition coefficient (Wildman–Crippen LogP) is 4.22. The molecule has 0 radical (unpaired) electrons. The van der Waals surface area contributed by atoms with E-state index >= 15 is 0 Å². The van der Waals surface area contributed by atoms with Gasteiger partial charge in [0, 0.05) is 23.0 Å². The minimum absolute atomic E-state index is 0.279. The molecule has 8 heteroatoms. The van der Waals surface area contributed by atoms with Gasteiger partial charge in [0.15, 0.2) is 0 Å². The van der Waals surface area contributed by atoms with Gasteiger partial charge in [-0.05, 0) is 47.4 Å². The van der Waals surface area contributed by atoms with Crippen LogP contribution in [0.3, 0.4) is 0 Å². The van der Waals surface area contributed by atoms with Crippen molar-refractivity contribution in [1.29, 1.82) is 0 Å². The maximum absolute atomic E-state index is 13.1. The summed E-state index contributed by atoms with van der Waals surface area (Å²) in [4.78, 5) is 15.7. The Kier molecular flexibility index (Phi) is 7.62. The third kappa shape index (κ3) is 6.27. The van der Waals surface area contributed by atoms with Crippen LogP contribution in [0.2, 0.25) is 0 Å². The zero-order chi connectivity index (χ0) is 22.3. The molecular formula is C23H24N2O4S2. The fraction of sp³-hybridized carbons (Fsp3) is 0.174. The SMILES string of the molecule is COc1ccc(N(Cc2cccs2)C(=O)CN(C)S(=O)(=O)/C=C/c2ccccc2)cc1. The lowest BCUT2D eigenvalue weighted by molar-refractivity contribution is -0.118. The number of amides is 1. The molecule has 0 spiro atoms. The van der Waals surface area contributed by atoms with E-state index in [1.807, 2.05) is 47.8 Å². The van der Waals surface area contributed by atoms with Gasteiger partial charge in [0.1, 0.15) is 5.75 Å². The predicted molar refractivity (Wildman–Crippen MR) is 126 cm³/mol. The highest BCUT2D eigenvalue weighted by molar-refractivity contribution is 7.92. The van der Waals surface area contributed by atoms with E-state index in [1.165, 1.54) is 24.5 Å². The lowest BCUT2D eigenvalue weighted by Gasteiger charge is -2.25. The summed E-state index contributed by atoms with van der Waals surface area (Å²) in [7, 11) is -0.776. The Morgan fingerprint density at radius 2 is 1.74 bits per heavy atom. The zero-order valence-electron chi connectivity index (χ0n) is 17.3. The number of likely N-dealkylation sites (N-methyl/N-ethyl adjacent to an activating group) is 1. The van der Waals surface area contributed by atoms with Crippen LogP contribution in [0.1, 0.15) is 10.4 Å². The average Bonchev–Trinajstić information content (AvgIpc) is 3.30. The first kappa shape index (κ1) is 22.7. The van der Waals surface area contributed by atoms with Crippen LogP contribution in [-0.2, 0) is 21.4 Å². The first-order valence-electron chi connectivity index (χ1n) is 9.55. The lowest BCUT2D eigenvalue weighted by Crippen LogP contribution is -2.40. The first-order chi connectivity index (χ1) is 14.9. The molecular weight excluding hydrogens is 432 g/mol. The van der Waals surface area contributed by atoms with E-state index in [1.54, 1.807) is 36.3 Å². The van der Waals surface area contributed by atoms with Gasteiger partial charge in [0.05, 0.1) is 20.2 Å². The number of methoxy groups -OCH3 is 1. The van der Waals surface area contributed by atoms with Crippen LogP contribution in [0.5, 0.6) is 5.75 Å². The van der Waals surface area contributed by atoms with Crippen LogP contribution < -0.4 is 9.64 Å². The summed E-state index contributed by atoms with van der Waals surface area (Å²) >= 11 is 1.54.